The zero-order chi connectivity index (χ0) is 16.8. The summed E-state index contributed by atoms with van der Waals surface area (Å²) in [5, 5.41) is 12.6. The predicted octanol–water partition coefficient (Wildman–Crippen LogP) is 3.06. The molecule has 6 heteroatoms. The minimum Gasteiger partial charge on any atom is -0.335 e. The molecule has 6 nitrogen and oxygen atoms in total. The lowest BCUT2D eigenvalue weighted by Crippen LogP contribution is -2.37. The molecule has 1 atom stereocenters. The number of hydrogen-bond acceptors (Lipinski definition) is 3. The first-order valence-corrected chi connectivity index (χ1v) is 7.69. The maximum atomic E-state index is 12.0. The second-order valence-corrected chi connectivity index (χ2v) is 5.60. The van der Waals surface area contributed by atoms with Crippen LogP contribution in [-0.2, 0) is 6.42 Å². The van der Waals surface area contributed by atoms with Crippen LogP contribution < -0.4 is 10.6 Å². The number of carbonyl (C=O) groups is 2. The van der Waals surface area contributed by atoms with E-state index in [0.29, 0.717) is 24.1 Å². The van der Waals surface area contributed by atoms with Crippen LogP contribution in [0.25, 0.3) is 0 Å². The van der Waals surface area contributed by atoms with Gasteiger partial charge in [-0.3, -0.25) is 9.89 Å². The molecular formula is C17H22N4O2. The number of hydrogen-bond donors (Lipinski definition) is 3. The summed E-state index contributed by atoms with van der Waals surface area (Å²) in [7, 11) is 0. The normalized spacial score (nSPS) is 11.8. The van der Waals surface area contributed by atoms with Crippen LogP contribution in [0.2, 0.25) is 0 Å². The fraction of sp³-hybridized carbons (Fsp3) is 0.353. The standard InChI is InChI=1S/C17H22N4O2/c1-4-16(22)13-6-5-7-14(10-13)19-17(23)18-11(2)8-15-9-12(3)20-21-15/h5-7,9-11H,4,8H2,1-3H3,(H,20,21)(H2,18,19,23)/t11-/m0/s1. The molecule has 0 fully saturated rings. The summed E-state index contributed by atoms with van der Waals surface area (Å²) < 4.78 is 0. The number of ketones is 1. The maximum Gasteiger partial charge on any atom is 0.319 e. The lowest BCUT2D eigenvalue weighted by Gasteiger charge is -2.14. The van der Waals surface area contributed by atoms with Crippen LogP contribution in [0.1, 0.15) is 42.0 Å². The monoisotopic (exact) mass is 314 g/mol. The van der Waals surface area contributed by atoms with Gasteiger partial charge in [0.05, 0.1) is 5.69 Å². The molecule has 0 unspecified atom stereocenters. The molecule has 0 aliphatic heterocycles. The summed E-state index contributed by atoms with van der Waals surface area (Å²) in [6.07, 6.45) is 1.09. The largest absolute Gasteiger partial charge is 0.335 e. The minimum absolute atomic E-state index is 0.0522. The first kappa shape index (κ1) is 16.7. The van der Waals surface area contributed by atoms with E-state index in [1.165, 1.54) is 0 Å². The van der Waals surface area contributed by atoms with Crippen LogP contribution in [0.4, 0.5) is 10.5 Å². The molecule has 0 radical (unpaired) electrons. The van der Waals surface area contributed by atoms with Gasteiger partial charge in [0.25, 0.3) is 0 Å². The van der Waals surface area contributed by atoms with Crippen LogP contribution in [0.15, 0.2) is 30.3 Å². The second kappa shape index (κ2) is 7.58. The van der Waals surface area contributed by atoms with Crippen molar-refractivity contribution in [3.63, 3.8) is 0 Å². The Hall–Kier alpha value is -2.63. The minimum atomic E-state index is -0.300. The second-order valence-electron chi connectivity index (χ2n) is 5.60. The summed E-state index contributed by atoms with van der Waals surface area (Å²) in [4.78, 5) is 23.7. The molecule has 0 spiro atoms. The SMILES string of the molecule is CCC(=O)c1cccc(NC(=O)N[C@@H](C)Cc2cc(C)[nH]n2)c1. The topological polar surface area (TPSA) is 86.9 Å². The number of anilines is 1. The molecule has 2 amide bonds. The molecule has 0 saturated heterocycles. The molecule has 0 bridgehead atoms. The average Bonchev–Trinajstić information content (AvgIpc) is 2.91. The highest BCUT2D eigenvalue weighted by molar-refractivity contribution is 5.98. The molecule has 2 aromatic rings. The van der Waals surface area contributed by atoms with Gasteiger partial charge in [-0.1, -0.05) is 19.1 Å². The average molecular weight is 314 g/mol. The number of H-pyrrole nitrogens is 1. The van der Waals surface area contributed by atoms with Crippen molar-refractivity contribution in [2.24, 2.45) is 0 Å². The Morgan fingerprint density at radius 1 is 1.30 bits per heavy atom. The third-order valence-corrected chi connectivity index (χ3v) is 3.42. The number of rotatable bonds is 6. The first-order chi connectivity index (χ1) is 11.0. The van der Waals surface area contributed by atoms with Gasteiger partial charge < -0.3 is 10.6 Å². The van der Waals surface area contributed by atoms with Gasteiger partial charge in [-0.25, -0.2) is 4.79 Å². The van der Waals surface area contributed by atoms with Gasteiger partial charge in [-0.05, 0) is 32.0 Å². The number of aromatic nitrogens is 2. The molecule has 1 aromatic heterocycles. The van der Waals surface area contributed by atoms with Crippen LogP contribution in [-0.4, -0.2) is 28.1 Å². The van der Waals surface area contributed by atoms with E-state index in [0.717, 1.165) is 11.4 Å². The fourth-order valence-corrected chi connectivity index (χ4v) is 2.31. The van der Waals surface area contributed by atoms with Gasteiger partial charge >= 0.3 is 6.03 Å². The quantitative estimate of drug-likeness (QED) is 0.716. The van der Waals surface area contributed by atoms with E-state index in [4.69, 9.17) is 0 Å². The molecule has 3 N–H and O–H groups in total. The summed E-state index contributed by atoms with van der Waals surface area (Å²) >= 11 is 0. The zero-order valence-corrected chi connectivity index (χ0v) is 13.6. The zero-order valence-electron chi connectivity index (χ0n) is 13.6. The molecule has 0 aliphatic rings. The number of carbonyl (C=O) groups excluding carboxylic acids is 2. The molecule has 0 aliphatic carbocycles. The highest BCUT2D eigenvalue weighted by Gasteiger charge is 2.11. The molecule has 122 valence electrons. The summed E-state index contributed by atoms with van der Waals surface area (Å²) in [6, 6.07) is 8.55. The van der Waals surface area contributed by atoms with Crippen molar-refractivity contribution < 1.29 is 9.59 Å². The van der Waals surface area contributed by atoms with Crippen molar-refractivity contribution in [3.8, 4) is 0 Å². The third-order valence-electron chi connectivity index (χ3n) is 3.42. The smallest absolute Gasteiger partial charge is 0.319 e. The molecule has 2 rings (SSSR count). The number of aryl methyl sites for hydroxylation is 1. The van der Waals surface area contributed by atoms with E-state index in [1.807, 2.05) is 26.8 Å². The molecule has 0 saturated carbocycles. The number of benzene rings is 1. The summed E-state index contributed by atoms with van der Waals surface area (Å²) in [5.41, 5.74) is 3.11. The van der Waals surface area contributed by atoms with Gasteiger partial charge in [-0.15, -0.1) is 0 Å². The Labute approximate surface area is 135 Å². The summed E-state index contributed by atoms with van der Waals surface area (Å²) in [5.74, 6) is 0.0522. The van der Waals surface area contributed by atoms with Gasteiger partial charge in [-0.2, -0.15) is 5.10 Å². The number of nitrogens with zero attached hydrogens (tertiary/aromatic N) is 1. The molecule has 1 aromatic carbocycles. The van der Waals surface area contributed by atoms with E-state index >= 15 is 0 Å². The number of amides is 2. The Morgan fingerprint density at radius 2 is 2.09 bits per heavy atom. The lowest BCUT2D eigenvalue weighted by molar-refractivity contribution is 0.0988. The van der Waals surface area contributed by atoms with E-state index in [9.17, 15) is 9.59 Å². The van der Waals surface area contributed by atoms with E-state index in [1.54, 1.807) is 24.3 Å². The van der Waals surface area contributed by atoms with Gasteiger partial charge in [0.15, 0.2) is 5.78 Å². The fourth-order valence-electron chi connectivity index (χ4n) is 2.31. The number of aromatic amines is 1. The molecular weight excluding hydrogens is 292 g/mol. The third kappa shape index (κ3) is 4.95. The first-order valence-electron chi connectivity index (χ1n) is 7.69. The van der Waals surface area contributed by atoms with Crippen molar-refractivity contribution in [1.82, 2.24) is 15.5 Å². The number of urea groups is 1. The van der Waals surface area contributed by atoms with Gasteiger partial charge in [0, 0.05) is 35.8 Å². The van der Waals surface area contributed by atoms with Crippen LogP contribution in [0, 0.1) is 6.92 Å². The van der Waals surface area contributed by atoms with E-state index in [2.05, 4.69) is 20.8 Å². The van der Waals surface area contributed by atoms with Crippen molar-refractivity contribution in [1.29, 1.82) is 0 Å². The van der Waals surface area contributed by atoms with E-state index in [-0.39, 0.29) is 17.9 Å². The van der Waals surface area contributed by atoms with Crippen molar-refractivity contribution in [2.45, 2.75) is 39.7 Å². The van der Waals surface area contributed by atoms with Crippen molar-refractivity contribution >= 4 is 17.5 Å². The highest BCUT2D eigenvalue weighted by Crippen LogP contribution is 2.12. The molecule has 1 heterocycles. The van der Waals surface area contributed by atoms with E-state index < -0.39 is 0 Å². The Balaban J connectivity index is 1.90. The Kier molecular flexibility index (Phi) is 5.51. The molecule has 23 heavy (non-hydrogen) atoms. The van der Waals surface area contributed by atoms with Gasteiger partial charge in [0.2, 0.25) is 0 Å². The number of Topliss-reactive ketones (excluding diaryl/α,β-unsaturated/α-hetero) is 1. The Bertz CT molecular complexity index is 693. The Morgan fingerprint density at radius 3 is 2.74 bits per heavy atom. The summed E-state index contributed by atoms with van der Waals surface area (Å²) in [6.45, 7) is 5.67. The van der Waals surface area contributed by atoms with Crippen LogP contribution in [0.5, 0.6) is 0 Å². The predicted molar refractivity (Wildman–Crippen MR) is 89.7 cm³/mol. The van der Waals surface area contributed by atoms with Crippen LogP contribution in [0.3, 0.4) is 0 Å². The van der Waals surface area contributed by atoms with Crippen molar-refractivity contribution in [2.75, 3.05) is 5.32 Å². The van der Waals surface area contributed by atoms with Crippen molar-refractivity contribution in [3.05, 3.63) is 47.3 Å². The van der Waals surface area contributed by atoms with Gasteiger partial charge in [0.1, 0.15) is 0 Å². The van der Waals surface area contributed by atoms with Crippen LogP contribution >= 0.6 is 0 Å². The lowest BCUT2D eigenvalue weighted by atomic mass is 10.1. The number of nitrogens with one attached hydrogen (secondary N) is 3. The highest BCUT2D eigenvalue weighted by atomic mass is 16.2. The maximum absolute atomic E-state index is 12.0.